The van der Waals surface area contributed by atoms with E-state index in [0.717, 1.165) is 0 Å². The molecule has 0 unspecified atom stereocenters. The molecule has 1 heterocycles. The number of nitrogens with two attached hydrogens (primary N) is 1. The second kappa shape index (κ2) is 6.57. The van der Waals surface area contributed by atoms with Crippen molar-refractivity contribution in [2.75, 3.05) is 11.7 Å². The number of halogens is 1. The van der Waals surface area contributed by atoms with Gasteiger partial charge in [0.2, 0.25) is 5.88 Å². The van der Waals surface area contributed by atoms with Crippen LogP contribution in [0.5, 0.6) is 11.6 Å². The maximum absolute atomic E-state index is 10.7. The van der Waals surface area contributed by atoms with Crippen molar-refractivity contribution in [3.63, 3.8) is 0 Å². The summed E-state index contributed by atoms with van der Waals surface area (Å²) in [5.74, 6) is 6.26. The minimum absolute atomic E-state index is 0.0196. The number of nitro benzene ring substituents is 1. The minimum atomic E-state index is -0.570. The van der Waals surface area contributed by atoms with E-state index in [4.69, 9.17) is 22.2 Å². The Bertz CT molecular complexity index is 663. The Labute approximate surface area is 128 Å². The van der Waals surface area contributed by atoms with Gasteiger partial charge in [-0.2, -0.15) is 4.98 Å². The lowest BCUT2D eigenvalue weighted by atomic mass is 10.3. The standard InChI is InChI=1S/C11H10ClN5O3S/c1-21-11-14-9(16-13)5-10(15-11)20-6-2-3-8(17(18)19)7(12)4-6/h2-5H,13H2,1H3,(H,14,15,16). The molecule has 0 saturated heterocycles. The summed E-state index contributed by atoms with van der Waals surface area (Å²) in [6.07, 6.45) is 1.81. The molecule has 2 rings (SSSR count). The third-order valence-electron chi connectivity index (χ3n) is 2.35. The number of benzene rings is 1. The lowest BCUT2D eigenvalue weighted by molar-refractivity contribution is -0.384. The third-order valence-corrected chi connectivity index (χ3v) is 3.20. The largest absolute Gasteiger partial charge is 0.439 e. The number of hydrogen-bond acceptors (Lipinski definition) is 8. The first kappa shape index (κ1) is 15.3. The highest BCUT2D eigenvalue weighted by molar-refractivity contribution is 7.98. The van der Waals surface area contributed by atoms with E-state index in [2.05, 4.69) is 15.4 Å². The average Bonchev–Trinajstić information content (AvgIpc) is 2.46. The third kappa shape index (κ3) is 3.72. The normalized spacial score (nSPS) is 10.2. The SMILES string of the molecule is CSc1nc(NN)cc(Oc2ccc([N+](=O)[O-])c(Cl)c2)n1. The molecule has 0 aliphatic heterocycles. The van der Waals surface area contributed by atoms with Gasteiger partial charge in [-0.05, 0) is 12.3 Å². The van der Waals surface area contributed by atoms with Gasteiger partial charge in [0.25, 0.3) is 5.69 Å². The smallest absolute Gasteiger partial charge is 0.288 e. The fraction of sp³-hybridized carbons (Fsp3) is 0.0909. The minimum Gasteiger partial charge on any atom is -0.439 e. The highest BCUT2D eigenvalue weighted by Crippen LogP contribution is 2.31. The zero-order valence-electron chi connectivity index (χ0n) is 10.7. The second-order valence-corrected chi connectivity index (χ2v) is 4.88. The topological polar surface area (TPSA) is 116 Å². The molecule has 1 aromatic carbocycles. The molecule has 2 aromatic rings. The predicted molar refractivity (Wildman–Crippen MR) is 79.8 cm³/mol. The molecular formula is C11H10ClN5O3S. The molecule has 110 valence electrons. The molecule has 1 aromatic heterocycles. The number of nitrogens with zero attached hydrogens (tertiary/aromatic N) is 3. The molecule has 8 nitrogen and oxygen atoms in total. The summed E-state index contributed by atoms with van der Waals surface area (Å²) in [6, 6.07) is 5.53. The lowest BCUT2D eigenvalue weighted by Crippen LogP contribution is -2.09. The number of nitrogens with one attached hydrogen (secondary N) is 1. The van der Waals surface area contributed by atoms with Crippen molar-refractivity contribution in [2.45, 2.75) is 5.16 Å². The number of nitrogen functional groups attached to an aromatic ring is 1. The monoisotopic (exact) mass is 327 g/mol. The molecule has 0 bridgehead atoms. The lowest BCUT2D eigenvalue weighted by Gasteiger charge is -2.08. The van der Waals surface area contributed by atoms with Gasteiger partial charge in [-0.3, -0.25) is 10.1 Å². The van der Waals surface area contributed by atoms with Crippen molar-refractivity contribution >= 4 is 34.9 Å². The summed E-state index contributed by atoms with van der Waals surface area (Å²) in [5.41, 5.74) is 2.21. The number of thioether (sulfide) groups is 1. The van der Waals surface area contributed by atoms with Crippen LogP contribution in [-0.4, -0.2) is 21.1 Å². The molecule has 0 saturated carbocycles. The molecule has 0 aliphatic carbocycles. The van der Waals surface area contributed by atoms with Crippen LogP contribution in [0.1, 0.15) is 0 Å². The van der Waals surface area contributed by atoms with Gasteiger partial charge in [0.15, 0.2) is 5.16 Å². The van der Waals surface area contributed by atoms with Crippen molar-refractivity contribution in [1.29, 1.82) is 0 Å². The van der Waals surface area contributed by atoms with Gasteiger partial charge in [0, 0.05) is 18.2 Å². The van der Waals surface area contributed by atoms with Crippen molar-refractivity contribution in [3.05, 3.63) is 39.4 Å². The molecule has 3 N–H and O–H groups in total. The second-order valence-electron chi connectivity index (χ2n) is 3.69. The summed E-state index contributed by atoms with van der Waals surface area (Å²) < 4.78 is 5.51. The first-order valence-corrected chi connectivity index (χ1v) is 7.15. The Hall–Kier alpha value is -2.10. The Balaban J connectivity index is 2.29. The summed E-state index contributed by atoms with van der Waals surface area (Å²) in [7, 11) is 0. The molecule has 0 atom stereocenters. The van der Waals surface area contributed by atoms with Gasteiger partial charge in [-0.15, -0.1) is 0 Å². The Morgan fingerprint density at radius 3 is 2.76 bits per heavy atom. The van der Waals surface area contributed by atoms with Gasteiger partial charge < -0.3 is 10.2 Å². The number of anilines is 1. The first-order valence-electron chi connectivity index (χ1n) is 5.55. The molecule has 21 heavy (non-hydrogen) atoms. The molecule has 0 amide bonds. The van der Waals surface area contributed by atoms with Crippen LogP contribution in [0.2, 0.25) is 5.02 Å². The van der Waals surface area contributed by atoms with Crippen LogP contribution in [0.3, 0.4) is 0 Å². The molecule has 0 aliphatic rings. The zero-order valence-corrected chi connectivity index (χ0v) is 12.3. The van der Waals surface area contributed by atoms with Crippen molar-refractivity contribution in [1.82, 2.24) is 9.97 Å². The van der Waals surface area contributed by atoms with Gasteiger partial charge in [0.1, 0.15) is 16.6 Å². The van der Waals surface area contributed by atoms with Crippen molar-refractivity contribution in [2.24, 2.45) is 5.84 Å². The maximum Gasteiger partial charge on any atom is 0.288 e. The first-order chi connectivity index (χ1) is 10.0. The van der Waals surface area contributed by atoms with Crippen LogP contribution in [0.25, 0.3) is 0 Å². The number of hydrogen-bond donors (Lipinski definition) is 2. The quantitative estimate of drug-likeness (QED) is 0.283. The number of nitro groups is 1. The van der Waals surface area contributed by atoms with E-state index < -0.39 is 4.92 Å². The van der Waals surface area contributed by atoms with Crippen LogP contribution in [0.4, 0.5) is 11.5 Å². The van der Waals surface area contributed by atoms with Crippen molar-refractivity contribution < 1.29 is 9.66 Å². The summed E-state index contributed by atoms with van der Waals surface area (Å²) >= 11 is 7.14. The van der Waals surface area contributed by atoms with Crippen LogP contribution >= 0.6 is 23.4 Å². The van der Waals surface area contributed by atoms with E-state index in [1.807, 2.05) is 6.26 Å². The Kier molecular flexibility index (Phi) is 4.78. The fourth-order valence-electron chi connectivity index (χ4n) is 1.44. The van der Waals surface area contributed by atoms with Crippen molar-refractivity contribution in [3.8, 4) is 11.6 Å². The van der Waals surface area contributed by atoms with E-state index in [9.17, 15) is 10.1 Å². The Morgan fingerprint density at radius 2 is 2.19 bits per heavy atom. The summed E-state index contributed by atoms with van der Waals surface area (Å²) in [6.45, 7) is 0. The molecule has 10 heteroatoms. The van der Waals surface area contributed by atoms with E-state index >= 15 is 0 Å². The number of hydrazine groups is 1. The summed E-state index contributed by atoms with van der Waals surface area (Å²) in [4.78, 5) is 18.3. The zero-order chi connectivity index (χ0) is 15.4. The van der Waals surface area contributed by atoms with Gasteiger partial charge >= 0.3 is 0 Å². The van der Waals surface area contributed by atoms with Gasteiger partial charge in [-0.25, -0.2) is 10.8 Å². The number of ether oxygens (including phenoxy) is 1. The fourth-order valence-corrected chi connectivity index (χ4v) is 2.05. The summed E-state index contributed by atoms with van der Waals surface area (Å²) in [5, 5.41) is 11.1. The number of rotatable bonds is 5. The van der Waals surface area contributed by atoms with Crippen LogP contribution < -0.4 is 16.0 Å². The van der Waals surface area contributed by atoms with Crippen LogP contribution in [0.15, 0.2) is 29.4 Å². The van der Waals surface area contributed by atoms with Gasteiger partial charge in [0.05, 0.1) is 4.92 Å². The van der Waals surface area contributed by atoms with Crippen LogP contribution in [0, 0.1) is 10.1 Å². The van der Waals surface area contributed by atoms with E-state index in [1.54, 1.807) is 0 Å². The highest BCUT2D eigenvalue weighted by atomic mass is 35.5. The predicted octanol–water partition coefficient (Wildman–Crippen LogP) is 2.84. The van der Waals surface area contributed by atoms with E-state index in [-0.39, 0.29) is 16.6 Å². The van der Waals surface area contributed by atoms with Crippen LogP contribution in [-0.2, 0) is 0 Å². The average molecular weight is 328 g/mol. The number of aromatic nitrogens is 2. The van der Waals surface area contributed by atoms with E-state index in [0.29, 0.717) is 16.7 Å². The maximum atomic E-state index is 10.7. The molecule has 0 fully saturated rings. The molecular weight excluding hydrogens is 318 g/mol. The van der Waals surface area contributed by atoms with Gasteiger partial charge in [-0.1, -0.05) is 23.4 Å². The highest BCUT2D eigenvalue weighted by Gasteiger charge is 2.13. The Morgan fingerprint density at radius 1 is 1.43 bits per heavy atom. The molecule has 0 radical (unpaired) electrons. The molecule has 0 spiro atoms. The van der Waals surface area contributed by atoms with E-state index in [1.165, 1.54) is 36.0 Å².